The summed E-state index contributed by atoms with van der Waals surface area (Å²) in [6.07, 6.45) is 1.07. The molecule has 1 rings (SSSR count). The van der Waals surface area contributed by atoms with Crippen LogP contribution in [0.1, 0.15) is 45.9 Å². The third-order valence-corrected chi connectivity index (χ3v) is 3.57. The number of ether oxygens (including phenoxy) is 1. The van der Waals surface area contributed by atoms with Crippen molar-refractivity contribution in [2.45, 2.75) is 46.1 Å². The molecule has 0 aromatic carbocycles. The molecule has 0 saturated carbocycles. The van der Waals surface area contributed by atoms with Gasteiger partial charge in [0.05, 0.1) is 6.61 Å². The zero-order valence-electron chi connectivity index (χ0n) is 12.5. The number of aromatic nitrogens is 2. The maximum absolute atomic E-state index is 5.20. The quantitative estimate of drug-likeness (QED) is 0.716. The van der Waals surface area contributed by atoms with Crippen LogP contribution in [0.25, 0.3) is 0 Å². The van der Waals surface area contributed by atoms with Gasteiger partial charge in [0, 0.05) is 31.7 Å². The molecule has 1 aromatic heterocycles. The van der Waals surface area contributed by atoms with Crippen molar-refractivity contribution in [1.29, 1.82) is 0 Å². The summed E-state index contributed by atoms with van der Waals surface area (Å²) in [5, 5.41) is 0. The number of methoxy groups -OCH3 is 1. The molecule has 0 amide bonds. The van der Waals surface area contributed by atoms with Gasteiger partial charge in [-0.15, -0.1) is 0 Å². The number of nitrogens with zero attached hydrogens (tertiary/aromatic N) is 3. The molecule has 1 heterocycles. The fraction of sp³-hybridized carbons (Fsp3) is 0.714. The Labute approximate surface area is 124 Å². The van der Waals surface area contributed by atoms with Gasteiger partial charge in [-0.1, -0.05) is 20.8 Å². The van der Waals surface area contributed by atoms with Crippen molar-refractivity contribution in [1.82, 2.24) is 9.97 Å². The summed E-state index contributed by atoms with van der Waals surface area (Å²) in [6.45, 7) is 10.1. The van der Waals surface area contributed by atoms with Crippen LogP contribution in [0.15, 0.2) is 10.7 Å². The summed E-state index contributed by atoms with van der Waals surface area (Å²) in [7, 11) is 1.73. The Balaban J connectivity index is 3.06. The fourth-order valence-corrected chi connectivity index (χ4v) is 2.19. The molecule has 1 unspecified atom stereocenters. The van der Waals surface area contributed by atoms with Crippen molar-refractivity contribution in [2.75, 3.05) is 25.2 Å². The molecule has 0 spiro atoms. The average molecular weight is 330 g/mol. The number of anilines is 1. The highest BCUT2D eigenvalue weighted by molar-refractivity contribution is 9.10. The second-order valence-corrected chi connectivity index (χ2v) is 5.82. The van der Waals surface area contributed by atoms with Gasteiger partial charge in [0.15, 0.2) is 0 Å². The summed E-state index contributed by atoms with van der Waals surface area (Å²) in [6, 6.07) is 2.41. The van der Waals surface area contributed by atoms with Gasteiger partial charge in [-0.2, -0.15) is 0 Å². The smallest absolute Gasteiger partial charge is 0.134 e. The van der Waals surface area contributed by atoms with Crippen LogP contribution in [0, 0.1) is 0 Å². The van der Waals surface area contributed by atoms with Crippen molar-refractivity contribution in [2.24, 2.45) is 0 Å². The summed E-state index contributed by atoms with van der Waals surface area (Å²) < 4.78 is 6.04. The van der Waals surface area contributed by atoms with E-state index in [0.717, 1.165) is 29.2 Å². The lowest BCUT2D eigenvalue weighted by atomic mass is 10.2. The Kier molecular flexibility index (Phi) is 6.72. The summed E-state index contributed by atoms with van der Waals surface area (Å²) in [5.41, 5.74) is 0. The normalized spacial score (nSPS) is 12.8. The lowest BCUT2D eigenvalue weighted by molar-refractivity contribution is 0.203. The highest BCUT2D eigenvalue weighted by atomic mass is 79.9. The first-order valence-corrected chi connectivity index (χ1v) is 7.58. The molecule has 0 fully saturated rings. The van der Waals surface area contributed by atoms with Crippen LogP contribution in [-0.2, 0) is 4.74 Å². The van der Waals surface area contributed by atoms with Crippen molar-refractivity contribution in [3.05, 3.63) is 16.5 Å². The zero-order valence-corrected chi connectivity index (χ0v) is 14.1. The van der Waals surface area contributed by atoms with Gasteiger partial charge in [0.25, 0.3) is 0 Å². The fourth-order valence-electron chi connectivity index (χ4n) is 1.80. The highest BCUT2D eigenvalue weighted by Crippen LogP contribution is 2.22. The van der Waals surface area contributed by atoms with Crippen LogP contribution in [0.4, 0.5) is 5.82 Å². The third kappa shape index (κ3) is 4.73. The molecule has 5 heteroatoms. The second-order valence-electron chi connectivity index (χ2n) is 5.01. The van der Waals surface area contributed by atoms with Gasteiger partial charge < -0.3 is 9.64 Å². The Morgan fingerprint density at radius 1 is 1.32 bits per heavy atom. The standard InChI is InChI=1S/C14H24BrN3O/c1-6-11(4)18(7-8-19-5)13-9-12(15)16-14(17-13)10(2)3/h9-11H,6-8H2,1-5H3. The molecule has 0 aliphatic carbocycles. The van der Waals surface area contributed by atoms with Gasteiger partial charge in [0.1, 0.15) is 16.2 Å². The van der Waals surface area contributed by atoms with E-state index in [1.807, 2.05) is 6.07 Å². The molecule has 1 aromatic rings. The van der Waals surface area contributed by atoms with Crippen LogP contribution in [0.5, 0.6) is 0 Å². The minimum atomic E-state index is 0.317. The van der Waals surface area contributed by atoms with E-state index in [9.17, 15) is 0 Å². The molecule has 0 N–H and O–H groups in total. The molecule has 0 saturated heterocycles. The lowest BCUT2D eigenvalue weighted by Gasteiger charge is -2.30. The molecule has 1 atom stereocenters. The predicted molar refractivity (Wildman–Crippen MR) is 82.8 cm³/mol. The highest BCUT2D eigenvalue weighted by Gasteiger charge is 2.16. The monoisotopic (exact) mass is 329 g/mol. The molecule has 0 bridgehead atoms. The van der Waals surface area contributed by atoms with E-state index in [1.165, 1.54) is 0 Å². The van der Waals surface area contributed by atoms with Crippen LogP contribution < -0.4 is 4.90 Å². The summed E-state index contributed by atoms with van der Waals surface area (Å²) in [4.78, 5) is 11.4. The van der Waals surface area contributed by atoms with Crippen LogP contribution >= 0.6 is 15.9 Å². The minimum absolute atomic E-state index is 0.317. The first kappa shape index (κ1) is 16.4. The number of halogens is 1. The van der Waals surface area contributed by atoms with Gasteiger partial charge in [0.2, 0.25) is 0 Å². The summed E-state index contributed by atoms with van der Waals surface area (Å²) >= 11 is 3.48. The lowest BCUT2D eigenvalue weighted by Crippen LogP contribution is -2.36. The van der Waals surface area contributed by atoms with Crippen molar-refractivity contribution in [3.63, 3.8) is 0 Å². The van der Waals surface area contributed by atoms with Gasteiger partial charge in [-0.25, -0.2) is 9.97 Å². The third-order valence-electron chi connectivity index (χ3n) is 3.17. The first-order valence-electron chi connectivity index (χ1n) is 6.79. The van der Waals surface area contributed by atoms with E-state index in [4.69, 9.17) is 4.74 Å². The number of rotatable bonds is 7. The van der Waals surface area contributed by atoms with E-state index >= 15 is 0 Å². The van der Waals surface area contributed by atoms with Gasteiger partial charge >= 0.3 is 0 Å². The molecule has 0 radical (unpaired) electrons. The molecule has 0 aliphatic heterocycles. The number of hydrogen-bond acceptors (Lipinski definition) is 4. The molecule has 4 nitrogen and oxygen atoms in total. The van der Waals surface area contributed by atoms with Crippen molar-refractivity contribution >= 4 is 21.7 Å². The topological polar surface area (TPSA) is 38.2 Å². The zero-order chi connectivity index (χ0) is 14.4. The van der Waals surface area contributed by atoms with Crippen LogP contribution in [-0.4, -0.2) is 36.3 Å². The Hall–Kier alpha value is -0.680. The summed E-state index contributed by atoms with van der Waals surface area (Å²) in [5.74, 6) is 2.16. The largest absolute Gasteiger partial charge is 0.383 e. The molecular formula is C14H24BrN3O. The van der Waals surface area contributed by atoms with Gasteiger partial charge in [-0.05, 0) is 29.3 Å². The average Bonchev–Trinajstić information content (AvgIpc) is 2.38. The Bertz CT molecular complexity index is 398. The molecule has 0 aliphatic rings. The van der Waals surface area contributed by atoms with E-state index in [0.29, 0.717) is 18.6 Å². The Morgan fingerprint density at radius 2 is 2.00 bits per heavy atom. The van der Waals surface area contributed by atoms with E-state index < -0.39 is 0 Å². The predicted octanol–water partition coefficient (Wildman–Crippen LogP) is 3.61. The van der Waals surface area contributed by atoms with Crippen LogP contribution in [0.3, 0.4) is 0 Å². The van der Waals surface area contributed by atoms with E-state index in [2.05, 4.69) is 58.5 Å². The van der Waals surface area contributed by atoms with Gasteiger partial charge in [-0.3, -0.25) is 0 Å². The van der Waals surface area contributed by atoms with Crippen molar-refractivity contribution in [3.8, 4) is 0 Å². The molecule has 19 heavy (non-hydrogen) atoms. The van der Waals surface area contributed by atoms with E-state index in [-0.39, 0.29) is 0 Å². The molecule has 108 valence electrons. The maximum atomic E-state index is 5.20. The van der Waals surface area contributed by atoms with E-state index in [1.54, 1.807) is 7.11 Å². The first-order chi connectivity index (χ1) is 8.99. The SMILES string of the molecule is CCC(C)N(CCOC)c1cc(Br)nc(C(C)C)n1. The van der Waals surface area contributed by atoms with Crippen molar-refractivity contribution < 1.29 is 4.74 Å². The minimum Gasteiger partial charge on any atom is -0.383 e. The van der Waals surface area contributed by atoms with Crippen LogP contribution in [0.2, 0.25) is 0 Å². The number of hydrogen-bond donors (Lipinski definition) is 0. The maximum Gasteiger partial charge on any atom is 0.134 e. The second kappa shape index (κ2) is 7.80. The molecular weight excluding hydrogens is 306 g/mol. The Morgan fingerprint density at radius 3 is 2.53 bits per heavy atom.